The number of hydrogen-bond acceptors (Lipinski definition) is 3. The molecule has 25 heavy (non-hydrogen) atoms. The molecule has 0 bridgehead atoms. The lowest BCUT2D eigenvalue weighted by molar-refractivity contribution is -0.0367. The number of pyridine rings is 1. The van der Waals surface area contributed by atoms with Gasteiger partial charge in [-0.15, -0.1) is 0 Å². The van der Waals surface area contributed by atoms with Gasteiger partial charge in [0.05, 0.1) is 16.9 Å². The van der Waals surface area contributed by atoms with E-state index in [0.29, 0.717) is 0 Å². The van der Waals surface area contributed by atoms with Crippen molar-refractivity contribution in [1.29, 1.82) is 0 Å². The van der Waals surface area contributed by atoms with Crippen LogP contribution in [0, 0.1) is 13.8 Å². The zero-order valence-electron chi connectivity index (χ0n) is 14.8. The number of rotatable bonds is 3. The van der Waals surface area contributed by atoms with Gasteiger partial charge >= 0.3 is 0 Å². The maximum absolute atomic E-state index is 5.94. The van der Waals surface area contributed by atoms with Gasteiger partial charge in [0.2, 0.25) is 0 Å². The van der Waals surface area contributed by atoms with E-state index in [1.807, 2.05) is 17.7 Å². The molecule has 0 saturated carbocycles. The Morgan fingerprint density at radius 1 is 1.12 bits per heavy atom. The first kappa shape index (κ1) is 16.0. The summed E-state index contributed by atoms with van der Waals surface area (Å²) in [6, 6.07) is 12.5. The number of hydrogen-bond donors (Lipinski definition) is 0. The van der Waals surface area contributed by atoms with Crippen molar-refractivity contribution in [3.8, 4) is 0 Å². The quantitative estimate of drug-likeness (QED) is 0.683. The molecule has 1 unspecified atom stereocenters. The molecule has 0 spiro atoms. The Morgan fingerprint density at radius 3 is 2.80 bits per heavy atom. The van der Waals surface area contributed by atoms with Crippen LogP contribution in [0.4, 0.5) is 0 Å². The molecular formula is C21H23N3O. The van der Waals surface area contributed by atoms with E-state index < -0.39 is 0 Å². The first-order valence-electron chi connectivity index (χ1n) is 8.93. The Bertz CT molecular complexity index is 900. The maximum atomic E-state index is 5.94. The molecule has 4 heteroatoms. The third kappa shape index (κ3) is 3.35. The summed E-state index contributed by atoms with van der Waals surface area (Å²) >= 11 is 0. The number of fused-ring (bicyclic) bond motifs is 1. The molecule has 0 amide bonds. The highest BCUT2D eigenvalue weighted by molar-refractivity contribution is 5.89. The summed E-state index contributed by atoms with van der Waals surface area (Å²) < 4.78 is 7.99. The largest absolute Gasteiger partial charge is 0.356 e. The van der Waals surface area contributed by atoms with Crippen LogP contribution >= 0.6 is 0 Å². The lowest BCUT2D eigenvalue weighted by atomic mass is 10.1. The van der Waals surface area contributed by atoms with Crippen LogP contribution in [0.2, 0.25) is 0 Å². The average molecular weight is 333 g/mol. The van der Waals surface area contributed by atoms with Crippen LogP contribution in [0.3, 0.4) is 0 Å². The van der Waals surface area contributed by atoms with Gasteiger partial charge < -0.3 is 4.74 Å². The van der Waals surface area contributed by atoms with Crippen molar-refractivity contribution in [2.24, 2.45) is 0 Å². The number of aromatic nitrogens is 3. The zero-order valence-corrected chi connectivity index (χ0v) is 14.8. The Hall–Kier alpha value is -2.46. The number of para-hydroxylation sites is 1. The minimum atomic E-state index is 0.0418. The molecule has 1 aliphatic rings. The predicted molar refractivity (Wildman–Crippen MR) is 101 cm³/mol. The van der Waals surface area contributed by atoms with E-state index in [2.05, 4.69) is 54.4 Å². The van der Waals surface area contributed by atoms with E-state index in [1.54, 1.807) is 0 Å². The van der Waals surface area contributed by atoms with Gasteiger partial charge in [-0.2, -0.15) is 5.10 Å². The smallest absolute Gasteiger partial charge is 0.150 e. The van der Waals surface area contributed by atoms with Crippen molar-refractivity contribution in [1.82, 2.24) is 14.8 Å². The highest BCUT2D eigenvalue weighted by atomic mass is 16.5. The number of nitrogens with zero attached hydrogens (tertiary/aromatic N) is 3. The summed E-state index contributed by atoms with van der Waals surface area (Å²) in [7, 11) is 0. The number of ether oxygens (including phenoxy) is 1. The molecule has 0 radical (unpaired) electrons. The molecule has 4 nitrogen and oxygen atoms in total. The summed E-state index contributed by atoms with van der Waals surface area (Å²) in [4.78, 5) is 4.58. The van der Waals surface area contributed by atoms with E-state index >= 15 is 0 Å². The molecule has 2 aromatic heterocycles. The topological polar surface area (TPSA) is 39.9 Å². The van der Waals surface area contributed by atoms with Gasteiger partial charge in [0, 0.05) is 17.7 Å². The van der Waals surface area contributed by atoms with Crippen LogP contribution < -0.4 is 0 Å². The van der Waals surface area contributed by atoms with Crippen molar-refractivity contribution >= 4 is 23.1 Å². The predicted octanol–water partition coefficient (Wildman–Crippen LogP) is 4.92. The monoisotopic (exact) mass is 333 g/mol. The lowest BCUT2D eigenvalue weighted by Gasteiger charge is -2.23. The highest BCUT2D eigenvalue weighted by Crippen LogP contribution is 2.28. The Labute approximate surface area is 148 Å². The average Bonchev–Trinajstić information content (AvgIpc) is 2.99. The van der Waals surface area contributed by atoms with Crippen molar-refractivity contribution in [3.05, 3.63) is 59.0 Å². The zero-order chi connectivity index (χ0) is 17.2. The SMILES string of the molecule is Cc1cc(C)nc(/C=C/c2nn(C3CCCCO3)c3ccccc23)c1. The van der Waals surface area contributed by atoms with Crippen LogP contribution in [0.25, 0.3) is 23.1 Å². The Morgan fingerprint density at radius 2 is 2.00 bits per heavy atom. The van der Waals surface area contributed by atoms with Gasteiger partial charge in [-0.05, 0) is 69.0 Å². The summed E-state index contributed by atoms with van der Waals surface area (Å²) in [6.07, 6.45) is 7.49. The van der Waals surface area contributed by atoms with Gasteiger partial charge in [0.25, 0.3) is 0 Å². The second-order valence-electron chi connectivity index (χ2n) is 6.71. The first-order valence-corrected chi connectivity index (χ1v) is 8.93. The third-order valence-corrected chi connectivity index (χ3v) is 4.60. The molecule has 3 heterocycles. The third-order valence-electron chi connectivity index (χ3n) is 4.60. The second kappa shape index (κ2) is 6.81. The summed E-state index contributed by atoms with van der Waals surface area (Å²) in [5.74, 6) is 0. The van der Waals surface area contributed by atoms with Crippen LogP contribution in [-0.2, 0) is 4.74 Å². The van der Waals surface area contributed by atoms with Crippen LogP contribution in [0.5, 0.6) is 0 Å². The lowest BCUT2D eigenvalue weighted by Crippen LogP contribution is -2.19. The standard InChI is InChI=1S/C21H23N3O/c1-15-13-16(2)22-17(14-15)10-11-19-18-7-3-4-8-20(18)24(23-19)21-9-5-6-12-25-21/h3-4,7-8,10-11,13-14,21H,5-6,9,12H2,1-2H3/b11-10+. The Balaban J connectivity index is 1.73. The second-order valence-corrected chi connectivity index (χ2v) is 6.71. The summed E-state index contributed by atoms with van der Waals surface area (Å²) in [5, 5.41) is 6.00. The normalized spacial score (nSPS) is 18.2. The van der Waals surface area contributed by atoms with E-state index in [1.165, 1.54) is 12.0 Å². The first-order chi connectivity index (χ1) is 12.2. The van der Waals surface area contributed by atoms with Crippen molar-refractivity contribution in [2.75, 3.05) is 6.61 Å². The fourth-order valence-corrected chi connectivity index (χ4v) is 3.50. The van der Waals surface area contributed by atoms with E-state index in [-0.39, 0.29) is 6.23 Å². The molecule has 0 aliphatic carbocycles. The molecule has 128 valence electrons. The number of benzene rings is 1. The van der Waals surface area contributed by atoms with Crippen molar-refractivity contribution < 1.29 is 4.74 Å². The molecule has 1 saturated heterocycles. The van der Waals surface area contributed by atoms with Crippen molar-refractivity contribution in [2.45, 2.75) is 39.3 Å². The summed E-state index contributed by atoms with van der Waals surface area (Å²) in [5.41, 5.74) is 5.31. The van der Waals surface area contributed by atoms with Crippen LogP contribution in [0.1, 0.15) is 48.1 Å². The fourth-order valence-electron chi connectivity index (χ4n) is 3.50. The molecular weight excluding hydrogens is 310 g/mol. The highest BCUT2D eigenvalue weighted by Gasteiger charge is 2.19. The van der Waals surface area contributed by atoms with E-state index in [9.17, 15) is 0 Å². The summed E-state index contributed by atoms with van der Waals surface area (Å²) in [6.45, 7) is 4.93. The minimum Gasteiger partial charge on any atom is -0.356 e. The molecule has 3 aromatic rings. The van der Waals surface area contributed by atoms with Gasteiger partial charge in [0.15, 0.2) is 6.23 Å². The maximum Gasteiger partial charge on any atom is 0.150 e. The van der Waals surface area contributed by atoms with Crippen molar-refractivity contribution in [3.63, 3.8) is 0 Å². The van der Waals surface area contributed by atoms with E-state index in [0.717, 1.165) is 47.4 Å². The molecule has 0 N–H and O–H groups in total. The van der Waals surface area contributed by atoms with Gasteiger partial charge in [-0.3, -0.25) is 4.98 Å². The van der Waals surface area contributed by atoms with Gasteiger partial charge in [-0.25, -0.2) is 4.68 Å². The van der Waals surface area contributed by atoms with Gasteiger partial charge in [-0.1, -0.05) is 18.2 Å². The fraction of sp³-hybridized carbons (Fsp3) is 0.333. The van der Waals surface area contributed by atoms with E-state index in [4.69, 9.17) is 9.84 Å². The molecule has 1 aliphatic heterocycles. The molecule has 1 fully saturated rings. The molecule has 4 rings (SSSR count). The van der Waals surface area contributed by atoms with Gasteiger partial charge in [0.1, 0.15) is 0 Å². The van der Waals surface area contributed by atoms with Crippen LogP contribution in [0.15, 0.2) is 36.4 Å². The van der Waals surface area contributed by atoms with Crippen LogP contribution in [-0.4, -0.2) is 21.4 Å². The Kier molecular flexibility index (Phi) is 4.36. The minimum absolute atomic E-state index is 0.0418. The molecule has 1 atom stereocenters. The number of aryl methyl sites for hydroxylation is 2. The molecule has 1 aromatic carbocycles.